The van der Waals surface area contributed by atoms with Gasteiger partial charge in [0.05, 0.1) is 6.54 Å². The molecule has 0 unspecified atom stereocenters. The largest absolute Gasteiger partial charge is 0.435 e. The van der Waals surface area contributed by atoms with E-state index in [4.69, 9.17) is 0 Å². The molecule has 0 spiro atoms. The monoisotopic (exact) mass is 431 g/mol. The number of piperidine rings is 1. The van der Waals surface area contributed by atoms with Gasteiger partial charge >= 0.3 is 6.61 Å². The predicted octanol–water partition coefficient (Wildman–Crippen LogP) is 2.84. The van der Waals surface area contributed by atoms with Gasteiger partial charge < -0.3 is 15.4 Å². The quantitative estimate of drug-likeness (QED) is 0.641. The summed E-state index contributed by atoms with van der Waals surface area (Å²) in [4.78, 5) is 26.5. The van der Waals surface area contributed by atoms with Crippen LogP contribution in [0.5, 0.6) is 5.75 Å². The van der Waals surface area contributed by atoms with E-state index in [1.165, 1.54) is 12.1 Å². The zero-order valence-corrected chi connectivity index (χ0v) is 17.2. The lowest BCUT2D eigenvalue weighted by atomic mass is 10.0. The minimum atomic E-state index is -2.84. The number of hydrogen-bond donors (Lipinski definition) is 2. The molecule has 3 rings (SSSR count). The third-order valence-electron chi connectivity index (χ3n) is 5.21. The maximum absolute atomic E-state index is 12.2. The van der Waals surface area contributed by atoms with Gasteiger partial charge in [0.1, 0.15) is 5.75 Å². The number of benzene rings is 2. The Labute approximate surface area is 180 Å². The molecule has 0 saturated carbocycles. The number of carbonyl (C=O) groups excluding carboxylic acids is 2. The van der Waals surface area contributed by atoms with Crippen LogP contribution in [0.1, 0.15) is 28.8 Å². The molecule has 0 aromatic heterocycles. The van der Waals surface area contributed by atoms with E-state index < -0.39 is 6.61 Å². The fourth-order valence-electron chi connectivity index (χ4n) is 3.54. The van der Waals surface area contributed by atoms with Gasteiger partial charge in [0, 0.05) is 31.2 Å². The van der Waals surface area contributed by atoms with Crippen molar-refractivity contribution in [2.45, 2.75) is 31.9 Å². The Hall–Kier alpha value is -3.00. The Balaban J connectivity index is 1.31. The van der Waals surface area contributed by atoms with E-state index in [1.54, 1.807) is 24.3 Å². The highest BCUT2D eigenvalue weighted by Crippen LogP contribution is 2.15. The van der Waals surface area contributed by atoms with Crippen molar-refractivity contribution in [2.75, 3.05) is 26.2 Å². The molecule has 1 aliphatic rings. The zero-order chi connectivity index (χ0) is 22.1. The Morgan fingerprint density at radius 3 is 2.35 bits per heavy atom. The van der Waals surface area contributed by atoms with Gasteiger partial charge in [-0.1, -0.05) is 30.3 Å². The zero-order valence-electron chi connectivity index (χ0n) is 17.2. The SMILES string of the molecule is O=C(CN1CCC(NC(=O)c2ccccc2)CC1)NCCc1ccc(OC(F)F)cc1. The number of carbonyl (C=O) groups is 2. The summed E-state index contributed by atoms with van der Waals surface area (Å²) in [5.74, 6) is 0.00108. The smallest absolute Gasteiger partial charge is 0.387 e. The van der Waals surface area contributed by atoms with Crippen molar-refractivity contribution in [3.63, 3.8) is 0 Å². The fraction of sp³-hybridized carbons (Fsp3) is 0.391. The van der Waals surface area contributed by atoms with Crippen LogP contribution in [0, 0.1) is 0 Å². The normalized spacial score (nSPS) is 14.9. The average molecular weight is 431 g/mol. The molecular weight excluding hydrogens is 404 g/mol. The van der Waals surface area contributed by atoms with Crippen LogP contribution in [0.25, 0.3) is 0 Å². The molecule has 2 N–H and O–H groups in total. The summed E-state index contributed by atoms with van der Waals surface area (Å²) in [5.41, 5.74) is 1.58. The van der Waals surface area contributed by atoms with E-state index in [0.717, 1.165) is 31.5 Å². The number of rotatable bonds is 9. The predicted molar refractivity (Wildman–Crippen MR) is 113 cm³/mol. The Bertz CT molecular complexity index is 839. The lowest BCUT2D eigenvalue weighted by molar-refractivity contribution is -0.122. The standard InChI is InChI=1S/C23H27F2N3O3/c24-23(25)31-20-8-6-17(7-9-20)10-13-26-21(29)16-28-14-11-19(12-15-28)27-22(30)18-4-2-1-3-5-18/h1-9,19,23H,10-16H2,(H,26,29)(H,27,30). The highest BCUT2D eigenvalue weighted by atomic mass is 19.3. The molecule has 0 atom stereocenters. The van der Waals surface area contributed by atoms with Gasteiger partial charge in [0.15, 0.2) is 0 Å². The number of nitrogens with zero attached hydrogens (tertiary/aromatic N) is 1. The summed E-state index contributed by atoms with van der Waals surface area (Å²) in [6.07, 6.45) is 2.21. The van der Waals surface area contributed by atoms with E-state index in [1.807, 2.05) is 18.2 Å². The van der Waals surface area contributed by atoms with Crippen LogP contribution in [0.4, 0.5) is 8.78 Å². The van der Waals surface area contributed by atoms with Crippen molar-refractivity contribution in [1.29, 1.82) is 0 Å². The van der Waals surface area contributed by atoms with Gasteiger partial charge in [0.2, 0.25) is 5.91 Å². The first kappa shape index (κ1) is 22.7. The lowest BCUT2D eigenvalue weighted by Gasteiger charge is -2.31. The van der Waals surface area contributed by atoms with Crippen LogP contribution in [0.3, 0.4) is 0 Å². The van der Waals surface area contributed by atoms with Gasteiger partial charge in [-0.3, -0.25) is 14.5 Å². The van der Waals surface area contributed by atoms with Gasteiger partial charge in [-0.15, -0.1) is 0 Å². The number of ether oxygens (including phenoxy) is 1. The third-order valence-corrected chi connectivity index (χ3v) is 5.21. The minimum Gasteiger partial charge on any atom is -0.435 e. The second-order valence-corrected chi connectivity index (χ2v) is 7.51. The molecule has 166 valence electrons. The fourth-order valence-corrected chi connectivity index (χ4v) is 3.54. The maximum Gasteiger partial charge on any atom is 0.387 e. The first-order valence-electron chi connectivity index (χ1n) is 10.4. The number of amides is 2. The van der Waals surface area contributed by atoms with Crippen LogP contribution in [0.15, 0.2) is 54.6 Å². The number of hydrogen-bond acceptors (Lipinski definition) is 4. The molecule has 2 amide bonds. The second kappa shape index (κ2) is 11.4. The van der Waals surface area contributed by atoms with E-state index in [0.29, 0.717) is 25.1 Å². The van der Waals surface area contributed by atoms with E-state index in [9.17, 15) is 18.4 Å². The summed E-state index contributed by atoms with van der Waals surface area (Å²) in [6.45, 7) is -0.550. The molecule has 1 fully saturated rings. The van der Waals surface area contributed by atoms with Crippen LogP contribution >= 0.6 is 0 Å². The minimum absolute atomic E-state index is 0.0515. The molecule has 2 aromatic carbocycles. The molecule has 8 heteroatoms. The van der Waals surface area contributed by atoms with Crippen molar-refractivity contribution in [3.05, 3.63) is 65.7 Å². The second-order valence-electron chi connectivity index (χ2n) is 7.51. The van der Waals surface area contributed by atoms with Crippen molar-refractivity contribution in [2.24, 2.45) is 0 Å². The highest BCUT2D eigenvalue weighted by Gasteiger charge is 2.22. The highest BCUT2D eigenvalue weighted by molar-refractivity contribution is 5.94. The molecular formula is C23H27F2N3O3. The number of nitrogens with one attached hydrogen (secondary N) is 2. The van der Waals surface area contributed by atoms with Crippen molar-refractivity contribution in [1.82, 2.24) is 15.5 Å². The summed E-state index contributed by atoms with van der Waals surface area (Å²) in [5, 5.41) is 5.95. The Kier molecular flexibility index (Phi) is 8.35. The third kappa shape index (κ3) is 7.64. The van der Waals surface area contributed by atoms with E-state index in [2.05, 4.69) is 20.3 Å². The maximum atomic E-state index is 12.2. The Morgan fingerprint density at radius 1 is 1.03 bits per heavy atom. The number of alkyl halides is 2. The molecule has 0 aliphatic carbocycles. The molecule has 2 aromatic rings. The van der Waals surface area contributed by atoms with Crippen LogP contribution in [-0.2, 0) is 11.2 Å². The van der Waals surface area contributed by atoms with Crippen molar-refractivity contribution >= 4 is 11.8 Å². The van der Waals surface area contributed by atoms with Crippen LogP contribution < -0.4 is 15.4 Å². The summed E-state index contributed by atoms with van der Waals surface area (Å²) < 4.78 is 28.6. The first-order chi connectivity index (χ1) is 15.0. The van der Waals surface area contributed by atoms with Crippen LogP contribution in [0.2, 0.25) is 0 Å². The molecule has 1 aliphatic heterocycles. The summed E-state index contributed by atoms with van der Waals surface area (Å²) in [7, 11) is 0. The van der Waals surface area contributed by atoms with Crippen molar-refractivity contribution < 1.29 is 23.1 Å². The lowest BCUT2D eigenvalue weighted by Crippen LogP contribution is -2.47. The van der Waals surface area contributed by atoms with E-state index in [-0.39, 0.29) is 23.6 Å². The molecule has 1 heterocycles. The van der Waals surface area contributed by atoms with Gasteiger partial charge in [-0.2, -0.15) is 8.78 Å². The summed E-state index contributed by atoms with van der Waals surface area (Å²) >= 11 is 0. The van der Waals surface area contributed by atoms with Gasteiger partial charge in [0.25, 0.3) is 5.91 Å². The molecule has 1 saturated heterocycles. The average Bonchev–Trinajstić information content (AvgIpc) is 2.76. The topological polar surface area (TPSA) is 70.7 Å². The van der Waals surface area contributed by atoms with Crippen molar-refractivity contribution in [3.8, 4) is 5.75 Å². The number of likely N-dealkylation sites (tertiary alicyclic amines) is 1. The molecule has 0 bridgehead atoms. The Morgan fingerprint density at radius 2 is 1.71 bits per heavy atom. The first-order valence-corrected chi connectivity index (χ1v) is 10.4. The van der Waals surface area contributed by atoms with Gasteiger partial charge in [-0.05, 0) is 49.1 Å². The molecule has 0 radical (unpaired) electrons. The number of halogens is 2. The van der Waals surface area contributed by atoms with Crippen LogP contribution in [-0.4, -0.2) is 55.5 Å². The van der Waals surface area contributed by atoms with Gasteiger partial charge in [-0.25, -0.2) is 0 Å². The molecule has 31 heavy (non-hydrogen) atoms. The summed E-state index contributed by atoms with van der Waals surface area (Å²) in [6, 6.07) is 15.7. The molecule has 6 nitrogen and oxygen atoms in total. The van der Waals surface area contributed by atoms with E-state index >= 15 is 0 Å².